The van der Waals surface area contributed by atoms with Gasteiger partial charge in [0.2, 0.25) is 5.79 Å². The fourth-order valence-corrected chi connectivity index (χ4v) is 9.42. The van der Waals surface area contributed by atoms with E-state index in [1.165, 1.54) is 17.6 Å². The van der Waals surface area contributed by atoms with Crippen LogP contribution >= 0.6 is 0 Å². The average molecular weight is 871 g/mol. The molecule has 0 aromatic heterocycles. The van der Waals surface area contributed by atoms with Crippen LogP contribution in [0.25, 0.3) is 0 Å². The number of aliphatic hydroxyl groups excluding tert-OH is 1. The zero-order valence-electron chi connectivity index (χ0n) is 39.7. The number of carbonyl (C=O) groups is 4. The SMILES string of the molecule is CC/C(C)=C/C=C/C=C/[C@@H](C)C[C@@H](C)C(=O)[C@H](OC)[C@H](O)/C(C)=C/[C@@H](N)CC[C@H](OC(=O)C1CCCCN1C(=O)C(=O)[C@]1(O)OCCC[C@H]1C)[C@H](C)CC1CC[C@@H](C)[C@H](OC)C1. The zero-order chi connectivity index (χ0) is 46.1. The van der Waals surface area contributed by atoms with Gasteiger partial charge in [0.15, 0.2) is 5.78 Å². The average Bonchev–Trinajstić information content (AvgIpc) is 3.25. The fraction of sp³-hybridized carbons (Fsp3) is 0.760. The van der Waals surface area contributed by atoms with Gasteiger partial charge < -0.3 is 39.8 Å². The second-order valence-electron chi connectivity index (χ2n) is 19.0. The van der Waals surface area contributed by atoms with Crippen molar-refractivity contribution < 1.29 is 48.3 Å². The molecule has 3 aliphatic rings. The lowest BCUT2D eigenvalue weighted by molar-refractivity contribution is -0.241. The minimum absolute atomic E-state index is 0.0587. The molecule has 12 heteroatoms. The molecule has 0 aromatic rings. The fourth-order valence-electron chi connectivity index (χ4n) is 9.42. The van der Waals surface area contributed by atoms with Crippen molar-refractivity contribution in [1.29, 1.82) is 0 Å². The third kappa shape index (κ3) is 15.3. The maximum atomic E-state index is 14.1. The highest BCUT2D eigenvalue weighted by Gasteiger charge is 2.51. The molecule has 2 saturated heterocycles. The Morgan fingerprint density at radius 3 is 2.35 bits per heavy atom. The van der Waals surface area contributed by atoms with Crippen LogP contribution in [0.5, 0.6) is 0 Å². The Bertz CT molecular complexity index is 1570. The quantitative estimate of drug-likeness (QED) is 0.0400. The summed E-state index contributed by atoms with van der Waals surface area (Å²) >= 11 is 0. The Hall–Kier alpha value is -3.00. The number of ketones is 2. The number of Topliss-reactive ketones (excluding diaryl/α,β-unsaturated/α-hetero) is 2. The number of hydrogen-bond acceptors (Lipinski definition) is 11. The first kappa shape index (κ1) is 53.3. The summed E-state index contributed by atoms with van der Waals surface area (Å²) in [5.74, 6) is -4.95. The molecular formula is C50H82N2O10. The van der Waals surface area contributed by atoms with Crippen LogP contribution in [0.1, 0.15) is 139 Å². The van der Waals surface area contributed by atoms with Crippen LogP contribution in [0, 0.1) is 35.5 Å². The number of piperidine rings is 1. The second kappa shape index (κ2) is 26.1. The molecule has 1 saturated carbocycles. The van der Waals surface area contributed by atoms with Crippen molar-refractivity contribution in [1.82, 2.24) is 4.90 Å². The lowest BCUT2D eigenvalue weighted by atomic mass is 9.76. The van der Waals surface area contributed by atoms with Gasteiger partial charge in [0.1, 0.15) is 24.4 Å². The van der Waals surface area contributed by atoms with E-state index in [1.807, 2.05) is 25.2 Å². The van der Waals surface area contributed by atoms with Gasteiger partial charge in [-0.3, -0.25) is 14.4 Å². The van der Waals surface area contributed by atoms with Crippen molar-refractivity contribution >= 4 is 23.4 Å². The van der Waals surface area contributed by atoms with Gasteiger partial charge in [0, 0.05) is 38.6 Å². The number of carbonyl (C=O) groups excluding carboxylic acids is 4. The number of rotatable bonds is 23. The lowest BCUT2D eigenvalue weighted by Crippen LogP contribution is -2.59. The lowest BCUT2D eigenvalue weighted by Gasteiger charge is -2.40. The topological polar surface area (TPSA) is 175 Å². The van der Waals surface area contributed by atoms with E-state index in [4.69, 9.17) is 24.7 Å². The van der Waals surface area contributed by atoms with Crippen LogP contribution in [0.3, 0.4) is 0 Å². The number of ether oxygens (including phenoxy) is 4. The van der Waals surface area contributed by atoms with Gasteiger partial charge in [-0.15, -0.1) is 0 Å². The third-order valence-electron chi connectivity index (χ3n) is 13.8. The monoisotopic (exact) mass is 871 g/mol. The van der Waals surface area contributed by atoms with E-state index in [0.717, 1.165) is 32.1 Å². The van der Waals surface area contributed by atoms with Crippen molar-refractivity contribution in [3.8, 4) is 0 Å². The van der Waals surface area contributed by atoms with Crippen LogP contribution in [-0.2, 0) is 38.1 Å². The number of hydrogen-bond donors (Lipinski definition) is 3. The van der Waals surface area contributed by atoms with Crippen LogP contribution in [0.15, 0.2) is 47.6 Å². The van der Waals surface area contributed by atoms with Crippen LogP contribution < -0.4 is 5.73 Å². The highest BCUT2D eigenvalue weighted by Crippen LogP contribution is 2.37. The molecule has 1 amide bonds. The third-order valence-corrected chi connectivity index (χ3v) is 13.8. The molecule has 0 spiro atoms. The van der Waals surface area contributed by atoms with E-state index in [2.05, 4.69) is 46.8 Å². The molecule has 0 aromatic carbocycles. The molecule has 62 heavy (non-hydrogen) atoms. The maximum Gasteiger partial charge on any atom is 0.329 e. The Balaban J connectivity index is 1.73. The number of esters is 1. The molecule has 4 N–H and O–H groups in total. The van der Waals surface area contributed by atoms with Crippen molar-refractivity contribution in [2.45, 2.75) is 181 Å². The molecule has 2 unspecified atom stereocenters. The van der Waals surface area contributed by atoms with Gasteiger partial charge in [0.05, 0.1) is 12.7 Å². The van der Waals surface area contributed by atoms with Gasteiger partial charge >= 0.3 is 5.97 Å². The van der Waals surface area contributed by atoms with E-state index in [9.17, 15) is 29.4 Å². The van der Waals surface area contributed by atoms with Crippen molar-refractivity contribution in [3.05, 3.63) is 47.6 Å². The Morgan fingerprint density at radius 2 is 1.69 bits per heavy atom. The second-order valence-corrected chi connectivity index (χ2v) is 19.0. The van der Waals surface area contributed by atoms with Crippen LogP contribution in [-0.4, -0.2) is 108 Å². The molecule has 3 rings (SSSR count). The highest BCUT2D eigenvalue weighted by atomic mass is 16.6. The summed E-state index contributed by atoms with van der Waals surface area (Å²) in [7, 11) is 3.18. The van der Waals surface area contributed by atoms with E-state index < -0.39 is 59.8 Å². The summed E-state index contributed by atoms with van der Waals surface area (Å²) in [6.45, 7) is 16.2. The predicted molar refractivity (Wildman–Crippen MR) is 243 cm³/mol. The molecule has 0 bridgehead atoms. The minimum atomic E-state index is -2.22. The summed E-state index contributed by atoms with van der Waals surface area (Å²) in [5.41, 5.74) is 8.50. The van der Waals surface area contributed by atoms with Gasteiger partial charge in [-0.05, 0) is 127 Å². The largest absolute Gasteiger partial charge is 0.461 e. The number of allylic oxidation sites excluding steroid dienone is 6. The Labute approximate surface area is 373 Å². The van der Waals surface area contributed by atoms with Crippen molar-refractivity contribution in [3.63, 3.8) is 0 Å². The van der Waals surface area contributed by atoms with E-state index in [1.54, 1.807) is 27.0 Å². The van der Waals surface area contributed by atoms with Gasteiger partial charge in [-0.25, -0.2) is 4.79 Å². The maximum absolute atomic E-state index is 14.1. The van der Waals surface area contributed by atoms with Gasteiger partial charge in [0.25, 0.3) is 11.7 Å². The molecule has 2 aliphatic heterocycles. The van der Waals surface area contributed by atoms with E-state index in [-0.39, 0.29) is 42.8 Å². The molecular weight excluding hydrogens is 789 g/mol. The first-order chi connectivity index (χ1) is 29.4. The van der Waals surface area contributed by atoms with Crippen molar-refractivity contribution in [2.24, 2.45) is 41.2 Å². The summed E-state index contributed by atoms with van der Waals surface area (Å²) in [6.07, 6.45) is 18.3. The first-order valence-corrected chi connectivity index (χ1v) is 23.5. The number of methoxy groups -OCH3 is 2. The normalized spacial score (nSPS) is 28.9. The summed E-state index contributed by atoms with van der Waals surface area (Å²) in [5, 5.41) is 22.5. The number of aliphatic hydroxyl groups is 2. The summed E-state index contributed by atoms with van der Waals surface area (Å²) in [6, 6.07) is -1.51. The smallest absolute Gasteiger partial charge is 0.329 e. The zero-order valence-corrected chi connectivity index (χ0v) is 39.7. The number of amides is 1. The van der Waals surface area contributed by atoms with Gasteiger partial charge in [-0.1, -0.05) is 83.6 Å². The number of likely N-dealkylation sites (tertiary alicyclic amines) is 1. The minimum Gasteiger partial charge on any atom is -0.461 e. The standard InChI is InChI=1S/C50H82N2O10/c1-11-32(2)18-13-12-14-19-33(3)28-36(6)44(53)46(60-10)45(54)37(7)30-40(51)24-25-42(35(5)29-39-23-22-34(4)43(31-39)59-9)62-49(57)41-21-15-16-26-52(41)48(56)47(55)50(58)38(8)20-17-27-61-50/h12-14,18-19,30,33-36,38-43,45-46,54,58H,11,15-17,20-29,31,51H2,1-10H3/b13-12+,19-14+,32-18+,37-30+/t33-,34-,35-,36-,38-,39?,40+,41?,42+,43-,45-,46+,50-/m1/s1. The van der Waals surface area contributed by atoms with E-state index in [0.29, 0.717) is 68.8 Å². The molecule has 13 atom stereocenters. The van der Waals surface area contributed by atoms with Crippen molar-refractivity contribution in [2.75, 3.05) is 27.4 Å². The first-order valence-electron chi connectivity index (χ1n) is 23.5. The Morgan fingerprint density at radius 1 is 0.968 bits per heavy atom. The van der Waals surface area contributed by atoms with Crippen LogP contribution in [0.2, 0.25) is 0 Å². The van der Waals surface area contributed by atoms with Crippen LogP contribution in [0.4, 0.5) is 0 Å². The molecule has 0 radical (unpaired) electrons. The molecule has 352 valence electrons. The van der Waals surface area contributed by atoms with Gasteiger partial charge in [-0.2, -0.15) is 0 Å². The van der Waals surface area contributed by atoms with E-state index >= 15 is 0 Å². The predicted octanol–water partition coefficient (Wildman–Crippen LogP) is 7.59. The number of nitrogens with zero attached hydrogens (tertiary/aromatic N) is 1. The molecule has 1 aliphatic carbocycles. The summed E-state index contributed by atoms with van der Waals surface area (Å²) in [4.78, 5) is 56.2. The Kier molecular flexibility index (Phi) is 22.4. The molecule has 2 heterocycles. The molecule has 3 fully saturated rings. The summed E-state index contributed by atoms with van der Waals surface area (Å²) < 4.78 is 23.2. The highest BCUT2D eigenvalue weighted by molar-refractivity contribution is 6.39. The molecule has 12 nitrogen and oxygen atoms in total. The number of nitrogens with two attached hydrogens (primary N) is 1.